The maximum absolute atomic E-state index is 5.96. The zero-order valence-electron chi connectivity index (χ0n) is 7.47. The Labute approximate surface area is 69.5 Å². The summed E-state index contributed by atoms with van der Waals surface area (Å²) in [6.45, 7) is 3.32. The third-order valence-corrected chi connectivity index (χ3v) is 2.48. The number of hydrogen-bond donors (Lipinski definition) is 2. The summed E-state index contributed by atoms with van der Waals surface area (Å²) in [5.74, 6) is 0. The zero-order chi connectivity index (χ0) is 8.10. The van der Waals surface area contributed by atoms with Gasteiger partial charge in [0, 0.05) is 12.1 Å². The molecule has 0 spiro atoms. The van der Waals surface area contributed by atoms with Gasteiger partial charge in [-0.3, -0.25) is 0 Å². The molecular weight excluding hydrogens is 136 g/mol. The van der Waals surface area contributed by atoms with Gasteiger partial charge < -0.3 is 11.1 Å². The van der Waals surface area contributed by atoms with Crippen LogP contribution in [0.25, 0.3) is 0 Å². The molecule has 1 fully saturated rings. The van der Waals surface area contributed by atoms with Crippen molar-refractivity contribution in [3.63, 3.8) is 0 Å². The first-order valence-corrected chi connectivity index (χ1v) is 4.83. The second-order valence-electron chi connectivity index (χ2n) is 3.51. The van der Waals surface area contributed by atoms with Gasteiger partial charge in [-0.2, -0.15) is 0 Å². The molecule has 2 nitrogen and oxygen atoms in total. The summed E-state index contributed by atoms with van der Waals surface area (Å²) in [4.78, 5) is 0. The average molecular weight is 156 g/mol. The molecule has 3 N–H and O–H groups in total. The second-order valence-corrected chi connectivity index (χ2v) is 3.51. The van der Waals surface area contributed by atoms with Crippen LogP contribution in [0.15, 0.2) is 0 Å². The molecule has 0 aromatic rings. The summed E-state index contributed by atoms with van der Waals surface area (Å²) in [5.41, 5.74) is 5.96. The fourth-order valence-electron chi connectivity index (χ4n) is 1.74. The van der Waals surface area contributed by atoms with Gasteiger partial charge in [-0.25, -0.2) is 0 Å². The Morgan fingerprint density at radius 3 is 2.73 bits per heavy atom. The Balaban J connectivity index is 2.18. The van der Waals surface area contributed by atoms with Gasteiger partial charge in [-0.1, -0.05) is 19.8 Å². The molecule has 1 aliphatic carbocycles. The van der Waals surface area contributed by atoms with Crippen LogP contribution in [0, 0.1) is 0 Å². The average Bonchev–Trinajstić information content (AvgIpc) is 2.03. The Kier molecular flexibility index (Phi) is 3.87. The highest BCUT2D eigenvalue weighted by Gasteiger charge is 2.20. The summed E-state index contributed by atoms with van der Waals surface area (Å²) >= 11 is 0. The van der Waals surface area contributed by atoms with E-state index in [9.17, 15) is 0 Å². The van der Waals surface area contributed by atoms with Crippen molar-refractivity contribution in [1.29, 1.82) is 0 Å². The molecule has 2 atom stereocenters. The Hall–Kier alpha value is -0.0800. The van der Waals surface area contributed by atoms with E-state index in [2.05, 4.69) is 12.2 Å². The van der Waals surface area contributed by atoms with Crippen LogP contribution < -0.4 is 11.1 Å². The molecule has 1 saturated carbocycles. The van der Waals surface area contributed by atoms with E-state index in [-0.39, 0.29) is 0 Å². The number of hydrogen-bond acceptors (Lipinski definition) is 2. The first-order chi connectivity index (χ1) is 5.34. The van der Waals surface area contributed by atoms with E-state index in [1.807, 2.05) is 0 Å². The third-order valence-electron chi connectivity index (χ3n) is 2.48. The highest BCUT2D eigenvalue weighted by atomic mass is 14.9. The van der Waals surface area contributed by atoms with Gasteiger partial charge in [0.15, 0.2) is 0 Å². The zero-order valence-corrected chi connectivity index (χ0v) is 7.47. The topological polar surface area (TPSA) is 38.0 Å². The molecule has 0 unspecified atom stereocenters. The second kappa shape index (κ2) is 4.73. The molecule has 0 aromatic heterocycles. The van der Waals surface area contributed by atoms with E-state index < -0.39 is 0 Å². The molecule has 0 saturated heterocycles. The van der Waals surface area contributed by atoms with Gasteiger partial charge in [0.1, 0.15) is 0 Å². The number of rotatable bonds is 3. The monoisotopic (exact) mass is 156 g/mol. The fraction of sp³-hybridized carbons (Fsp3) is 1.00. The lowest BCUT2D eigenvalue weighted by atomic mass is 9.91. The van der Waals surface area contributed by atoms with Gasteiger partial charge >= 0.3 is 0 Å². The molecule has 0 heterocycles. The van der Waals surface area contributed by atoms with Gasteiger partial charge in [-0.15, -0.1) is 0 Å². The molecule has 11 heavy (non-hydrogen) atoms. The lowest BCUT2D eigenvalue weighted by molar-refractivity contribution is 0.328. The van der Waals surface area contributed by atoms with E-state index >= 15 is 0 Å². The predicted molar refractivity (Wildman–Crippen MR) is 48.5 cm³/mol. The smallest absolute Gasteiger partial charge is 0.0219 e. The minimum absolute atomic E-state index is 0.412. The van der Waals surface area contributed by atoms with Crippen LogP contribution in [0.2, 0.25) is 0 Å². The molecule has 66 valence electrons. The minimum Gasteiger partial charge on any atom is -0.326 e. The molecule has 1 rings (SSSR count). The maximum Gasteiger partial charge on any atom is 0.0219 e. The van der Waals surface area contributed by atoms with Crippen LogP contribution in [0.1, 0.15) is 39.0 Å². The van der Waals surface area contributed by atoms with Crippen LogP contribution in [0.5, 0.6) is 0 Å². The number of nitrogens with one attached hydrogen (secondary N) is 1. The van der Waals surface area contributed by atoms with Gasteiger partial charge in [0.2, 0.25) is 0 Å². The summed E-state index contributed by atoms with van der Waals surface area (Å²) in [5, 5.41) is 3.50. The summed E-state index contributed by atoms with van der Waals surface area (Å²) in [6, 6.07) is 1.01. The summed E-state index contributed by atoms with van der Waals surface area (Å²) in [7, 11) is 0. The van der Waals surface area contributed by atoms with Crippen molar-refractivity contribution < 1.29 is 0 Å². The van der Waals surface area contributed by atoms with E-state index in [1.165, 1.54) is 32.1 Å². The molecule has 0 bridgehead atoms. The van der Waals surface area contributed by atoms with Crippen LogP contribution >= 0.6 is 0 Å². The van der Waals surface area contributed by atoms with Crippen molar-refractivity contribution in [3.8, 4) is 0 Å². The summed E-state index contributed by atoms with van der Waals surface area (Å²) in [6.07, 6.45) is 6.38. The molecular formula is C9H20N2. The van der Waals surface area contributed by atoms with Crippen LogP contribution in [0.4, 0.5) is 0 Å². The molecule has 0 aromatic carbocycles. The van der Waals surface area contributed by atoms with Crippen LogP contribution in [0.3, 0.4) is 0 Å². The third kappa shape index (κ3) is 2.80. The largest absolute Gasteiger partial charge is 0.326 e. The van der Waals surface area contributed by atoms with Crippen molar-refractivity contribution in [2.75, 3.05) is 6.54 Å². The highest BCUT2D eigenvalue weighted by molar-refractivity contribution is 4.83. The molecule has 0 amide bonds. The predicted octanol–water partition coefficient (Wildman–Crippen LogP) is 1.26. The quantitative estimate of drug-likeness (QED) is 0.645. The van der Waals surface area contributed by atoms with Crippen LogP contribution in [-0.2, 0) is 0 Å². The first-order valence-electron chi connectivity index (χ1n) is 4.83. The van der Waals surface area contributed by atoms with Crippen LogP contribution in [-0.4, -0.2) is 18.6 Å². The molecule has 2 heteroatoms. The van der Waals surface area contributed by atoms with E-state index in [1.54, 1.807) is 0 Å². The minimum atomic E-state index is 0.412. The first kappa shape index (κ1) is 9.01. The Morgan fingerprint density at radius 2 is 2.09 bits per heavy atom. The van der Waals surface area contributed by atoms with Crippen molar-refractivity contribution in [1.82, 2.24) is 5.32 Å². The van der Waals surface area contributed by atoms with E-state index in [0.717, 1.165) is 6.54 Å². The maximum atomic E-state index is 5.96. The van der Waals surface area contributed by atoms with Gasteiger partial charge in [0.25, 0.3) is 0 Å². The van der Waals surface area contributed by atoms with Crippen molar-refractivity contribution in [2.45, 2.75) is 51.1 Å². The van der Waals surface area contributed by atoms with Crippen molar-refractivity contribution >= 4 is 0 Å². The lowest BCUT2D eigenvalue weighted by Gasteiger charge is -2.29. The highest BCUT2D eigenvalue weighted by Crippen LogP contribution is 2.16. The van der Waals surface area contributed by atoms with E-state index in [0.29, 0.717) is 12.1 Å². The standard InChI is InChI=1S/C9H20N2/c1-2-7-11-9-6-4-3-5-8(9)10/h8-9,11H,2-7,10H2,1H3/t8-,9-/m1/s1. The van der Waals surface area contributed by atoms with Gasteiger partial charge in [0.05, 0.1) is 0 Å². The van der Waals surface area contributed by atoms with Crippen molar-refractivity contribution in [2.24, 2.45) is 5.73 Å². The summed E-state index contributed by atoms with van der Waals surface area (Å²) < 4.78 is 0. The molecule has 0 aliphatic heterocycles. The normalized spacial score (nSPS) is 32.2. The molecule has 1 aliphatic rings. The Morgan fingerprint density at radius 1 is 1.36 bits per heavy atom. The van der Waals surface area contributed by atoms with Gasteiger partial charge in [-0.05, 0) is 25.8 Å². The Bertz CT molecular complexity index is 104. The SMILES string of the molecule is CCCN[C@@H]1CCCC[C@H]1N. The van der Waals surface area contributed by atoms with Crippen molar-refractivity contribution in [3.05, 3.63) is 0 Å². The molecule has 0 radical (unpaired) electrons. The fourth-order valence-corrected chi connectivity index (χ4v) is 1.74. The van der Waals surface area contributed by atoms with E-state index in [4.69, 9.17) is 5.73 Å². The lowest BCUT2D eigenvalue weighted by Crippen LogP contribution is -2.47. The number of nitrogens with two attached hydrogens (primary N) is 1.